The number of carbonyl (C=O) groups is 2. The largest absolute Gasteiger partial charge is 0.326 e. The normalized spacial score (nSPS) is 10.5. The Labute approximate surface area is 165 Å². The topological polar surface area (TPSA) is 58.2 Å². The number of benzene rings is 3. The zero-order chi connectivity index (χ0) is 19.9. The molecule has 0 spiro atoms. The summed E-state index contributed by atoms with van der Waals surface area (Å²) in [5.74, 6) is -0.234. The van der Waals surface area contributed by atoms with Crippen LogP contribution < -0.4 is 10.6 Å². The highest BCUT2D eigenvalue weighted by Gasteiger charge is 2.19. The molecule has 3 aromatic rings. The van der Waals surface area contributed by atoms with Gasteiger partial charge in [-0.15, -0.1) is 0 Å². The highest BCUT2D eigenvalue weighted by Crippen LogP contribution is 2.29. The number of hydrogen-bond donors (Lipinski definition) is 2. The Balaban J connectivity index is 1.81. The average molecular weight is 372 g/mol. The number of rotatable bonds is 6. The van der Waals surface area contributed by atoms with Crippen LogP contribution in [0.15, 0.2) is 78.9 Å². The summed E-state index contributed by atoms with van der Waals surface area (Å²) in [4.78, 5) is 24.2. The van der Waals surface area contributed by atoms with E-state index in [9.17, 15) is 9.59 Å². The Bertz CT molecular complexity index is 913. The van der Waals surface area contributed by atoms with E-state index in [1.54, 1.807) is 0 Å². The van der Waals surface area contributed by atoms with E-state index in [-0.39, 0.29) is 17.7 Å². The van der Waals surface area contributed by atoms with Crippen molar-refractivity contribution < 1.29 is 9.59 Å². The molecule has 0 atom stereocenters. The predicted molar refractivity (Wildman–Crippen MR) is 113 cm³/mol. The fourth-order valence-corrected chi connectivity index (χ4v) is 3.28. The lowest BCUT2D eigenvalue weighted by Crippen LogP contribution is -2.17. The van der Waals surface area contributed by atoms with Crippen molar-refractivity contribution in [3.8, 4) is 0 Å². The standard InChI is InChI=1S/C24H24N2O2/c1-17-22(25-18(2)27)14-9-15-23(17)26-24(28)16-21(19-10-5-3-6-11-19)20-12-7-4-8-13-20/h3-15,21H,16H2,1-2H3,(H,25,27)(H,26,28). The van der Waals surface area contributed by atoms with Gasteiger partial charge in [0.25, 0.3) is 0 Å². The first-order valence-electron chi connectivity index (χ1n) is 9.31. The Morgan fingerprint density at radius 1 is 0.750 bits per heavy atom. The molecule has 0 heterocycles. The molecule has 3 aromatic carbocycles. The number of nitrogens with one attached hydrogen (secondary N) is 2. The molecule has 0 radical (unpaired) electrons. The predicted octanol–water partition coefficient (Wildman–Crippen LogP) is 5.11. The molecule has 0 bridgehead atoms. The van der Waals surface area contributed by atoms with Crippen LogP contribution >= 0.6 is 0 Å². The zero-order valence-corrected chi connectivity index (χ0v) is 16.1. The van der Waals surface area contributed by atoms with Gasteiger partial charge in [0, 0.05) is 30.6 Å². The van der Waals surface area contributed by atoms with Gasteiger partial charge in [0.1, 0.15) is 0 Å². The first kappa shape index (κ1) is 19.4. The molecule has 4 nitrogen and oxygen atoms in total. The highest BCUT2D eigenvalue weighted by molar-refractivity contribution is 5.95. The van der Waals surface area contributed by atoms with Crippen molar-refractivity contribution in [2.24, 2.45) is 0 Å². The molecule has 3 rings (SSSR count). The lowest BCUT2D eigenvalue weighted by Gasteiger charge is -2.19. The molecule has 0 aliphatic carbocycles. The molecule has 0 aromatic heterocycles. The lowest BCUT2D eigenvalue weighted by atomic mass is 9.88. The van der Waals surface area contributed by atoms with Crippen molar-refractivity contribution in [1.29, 1.82) is 0 Å². The average Bonchev–Trinajstić information content (AvgIpc) is 2.70. The third kappa shape index (κ3) is 4.86. The molecule has 0 unspecified atom stereocenters. The minimum Gasteiger partial charge on any atom is -0.326 e. The Hall–Kier alpha value is -3.40. The van der Waals surface area contributed by atoms with Gasteiger partial charge in [-0.3, -0.25) is 9.59 Å². The second-order valence-electron chi connectivity index (χ2n) is 6.79. The lowest BCUT2D eigenvalue weighted by molar-refractivity contribution is -0.116. The fraction of sp³-hybridized carbons (Fsp3) is 0.167. The third-order valence-corrected chi connectivity index (χ3v) is 4.71. The van der Waals surface area contributed by atoms with Crippen LogP contribution in [0.4, 0.5) is 11.4 Å². The van der Waals surface area contributed by atoms with E-state index in [1.807, 2.05) is 85.8 Å². The van der Waals surface area contributed by atoms with Gasteiger partial charge in [-0.25, -0.2) is 0 Å². The number of anilines is 2. The summed E-state index contributed by atoms with van der Waals surface area (Å²) in [5.41, 5.74) is 4.45. The van der Waals surface area contributed by atoms with Gasteiger partial charge in [-0.2, -0.15) is 0 Å². The third-order valence-electron chi connectivity index (χ3n) is 4.71. The monoisotopic (exact) mass is 372 g/mol. The molecule has 142 valence electrons. The Morgan fingerprint density at radius 3 is 1.75 bits per heavy atom. The first-order chi connectivity index (χ1) is 13.5. The molecular weight excluding hydrogens is 348 g/mol. The van der Waals surface area contributed by atoms with Gasteiger partial charge in [0.2, 0.25) is 11.8 Å². The molecule has 28 heavy (non-hydrogen) atoms. The zero-order valence-electron chi connectivity index (χ0n) is 16.1. The maximum atomic E-state index is 12.9. The van der Waals surface area contributed by atoms with Gasteiger partial charge in [0.15, 0.2) is 0 Å². The second kappa shape index (κ2) is 9.00. The van der Waals surface area contributed by atoms with Crippen molar-refractivity contribution in [2.75, 3.05) is 10.6 Å². The Morgan fingerprint density at radius 2 is 1.25 bits per heavy atom. The van der Waals surface area contributed by atoms with Gasteiger partial charge >= 0.3 is 0 Å². The molecule has 0 fully saturated rings. The van der Waals surface area contributed by atoms with E-state index in [0.717, 1.165) is 16.7 Å². The molecule has 0 saturated carbocycles. The van der Waals surface area contributed by atoms with Crippen molar-refractivity contribution in [2.45, 2.75) is 26.2 Å². The van der Waals surface area contributed by atoms with E-state index >= 15 is 0 Å². The number of carbonyl (C=O) groups excluding carboxylic acids is 2. The second-order valence-corrected chi connectivity index (χ2v) is 6.79. The van der Waals surface area contributed by atoms with E-state index in [0.29, 0.717) is 17.8 Å². The quantitative estimate of drug-likeness (QED) is 0.631. The molecule has 4 heteroatoms. The van der Waals surface area contributed by atoms with Gasteiger partial charge < -0.3 is 10.6 Å². The van der Waals surface area contributed by atoms with Crippen molar-refractivity contribution in [3.05, 3.63) is 95.6 Å². The summed E-state index contributed by atoms with van der Waals surface area (Å²) in [5, 5.41) is 5.79. The Kier molecular flexibility index (Phi) is 6.22. The summed E-state index contributed by atoms with van der Waals surface area (Å²) in [6.07, 6.45) is 0.331. The number of amides is 2. The molecule has 2 amide bonds. The fourth-order valence-electron chi connectivity index (χ4n) is 3.28. The van der Waals surface area contributed by atoms with Crippen molar-refractivity contribution in [1.82, 2.24) is 0 Å². The van der Waals surface area contributed by atoms with Crippen molar-refractivity contribution >= 4 is 23.2 Å². The maximum absolute atomic E-state index is 12.9. The molecule has 0 saturated heterocycles. The van der Waals surface area contributed by atoms with Crippen LogP contribution in [0.2, 0.25) is 0 Å². The van der Waals surface area contributed by atoms with Gasteiger partial charge in [-0.1, -0.05) is 66.7 Å². The van der Waals surface area contributed by atoms with Crippen LogP contribution in [0.1, 0.15) is 36.0 Å². The molecule has 0 aliphatic rings. The van der Waals surface area contributed by atoms with Crippen LogP contribution in [-0.4, -0.2) is 11.8 Å². The highest BCUT2D eigenvalue weighted by atomic mass is 16.2. The van der Waals surface area contributed by atoms with E-state index < -0.39 is 0 Å². The van der Waals surface area contributed by atoms with Gasteiger partial charge in [-0.05, 0) is 35.7 Å². The van der Waals surface area contributed by atoms with E-state index in [2.05, 4.69) is 10.6 Å². The van der Waals surface area contributed by atoms with Crippen LogP contribution in [0.25, 0.3) is 0 Å². The first-order valence-corrected chi connectivity index (χ1v) is 9.31. The van der Waals surface area contributed by atoms with Crippen LogP contribution in [-0.2, 0) is 9.59 Å². The van der Waals surface area contributed by atoms with Gasteiger partial charge in [0.05, 0.1) is 0 Å². The van der Waals surface area contributed by atoms with Crippen LogP contribution in [0.5, 0.6) is 0 Å². The number of hydrogen-bond acceptors (Lipinski definition) is 2. The molecule has 2 N–H and O–H groups in total. The molecule has 0 aliphatic heterocycles. The summed E-state index contributed by atoms with van der Waals surface area (Å²) < 4.78 is 0. The minimum absolute atomic E-state index is 0.0266. The SMILES string of the molecule is CC(=O)Nc1cccc(NC(=O)CC(c2ccccc2)c2ccccc2)c1C. The summed E-state index contributed by atoms with van der Waals surface area (Å²) in [6.45, 7) is 3.35. The minimum atomic E-state index is -0.139. The van der Waals surface area contributed by atoms with Crippen molar-refractivity contribution in [3.63, 3.8) is 0 Å². The summed E-state index contributed by atoms with van der Waals surface area (Å²) >= 11 is 0. The van der Waals surface area contributed by atoms with Crippen LogP contribution in [0.3, 0.4) is 0 Å². The summed E-state index contributed by atoms with van der Waals surface area (Å²) in [6, 6.07) is 25.6. The smallest absolute Gasteiger partial charge is 0.225 e. The van der Waals surface area contributed by atoms with E-state index in [4.69, 9.17) is 0 Å². The summed E-state index contributed by atoms with van der Waals surface area (Å²) in [7, 11) is 0. The van der Waals surface area contributed by atoms with E-state index in [1.165, 1.54) is 6.92 Å². The van der Waals surface area contributed by atoms with Crippen LogP contribution in [0, 0.1) is 6.92 Å². The molecular formula is C24H24N2O2. The maximum Gasteiger partial charge on any atom is 0.225 e.